The Bertz CT molecular complexity index is 1380. The van der Waals surface area contributed by atoms with Gasteiger partial charge in [-0.15, -0.1) is 10.2 Å². The minimum absolute atomic E-state index is 0.0721. The van der Waals surface area contributed by atoms with Gasteiger partial charge in [0.1, 0.15) is 0 Å². The fraction of sp³-hybridized carbons (Fsp3) is 0.286. The Hall–Kier alpha value is -3.65. The Kier molecular flexibility index (Phi) is 7.04. The maximum Gasteiger partial charge on any atom is 0.234 e. The molecule has 1 saturated heterocycles. The zero-order chi connectivity index (χ0) is 25.1. The summed E-state index contributed by atoms with van der Waals surface area (Å²) in [5.41, 5.74) is 7.42. The number of hydrogen-bond donors (Lipinski definition) is 1. The van der Waals surface area contributed by atoms with Crippen molar-refractivity contribution in [3.8, 4) is 17.1 Å². The van der Waals surface area contributed by atoms with Crippen LogP contribution in [0.4, 0.5) is 11.4 Å². The molecule has 0 bridgehead atoms. The van der Waals surface area contributed by atoms with E-state index in [9.17, 15) is 4.79 Å². The van der Waals surface area contributed by atoms with Gasteiger partial charge in [0, 0.05) is 42.4 Å². The van der Waals surface area contributed by atoms with Crippen LogP contribution in [0.2, 0.25) is 0 Å². The molecule has 1 aliphatic heterocycles. The quantitative estimate of drug-likeness (QED) is 0.335. The van der Waals surface area contributed by atoms with Gasteiger partial charge in [0.05, 0.1) is 11.4 Å². The number of amides is 1. The van der Waals surface area contributed by atoms with Crippen molar-refractivity contribution in [2.45, 2.75) is 38.8 Å². The van der Waals surface area contributed by atoms with Gasteiger partial charge in [0.25, 0.3) is 0 Å². The van der Waals surface area contributed by atoms with E-state index < -0.39 is 0 Å². The molecule has 0 radical (unpaired) electrons. The normalized spacial score (nSPS) is 13.2. The molecule has 5 rings (SSSR count). The second-order valence-electron chi connectivity index (χ2n) is 9.18. The number of aromatic nitrogens is 4. The Morgan fingerprint density at radius 1 is 0.889 bits per heavy atom. The van der Waals surface area contributed by atoms with E-state index in [1.807, 2.05) is 29.7 Å². The van der Waals surface area contributed by atoms with Crippen LogP contribution >= 0.6 is 11.8 Å². The van der Waals surface area contributed by atoms with Gasteiger partial charge in [-0.05, 0) is 92.8 Å². The molecule has 0 saturated carbocycles. The lowest BCUT2D eigenvalue weighted by Gasteiger charge is -2.19. The molecule has 3 heterocycles. The van der Waals surface area contributed by atoms with Crippen molar-refractivity contribution in [1.29, 1.82) is 0 Å². The van der Waals surface area contributed by atoms with Gasteiger partial charge in [-0.2, -0.15) is 0 Å². The third kappa shape index (κ3) is 5.14. The summed E-state index contributed by atoms with van der Waals surface area (Å²) in [6.45, 7) is 8.43. The molecule has 1 N–H and O–H groups in total. The Balaban J connectivity index is 1.34. The third-order valence-electron chi connectivity index (χ3n) is 6.61. The standard InChI is InChI=1S/C28H30N6OS/c1-19-6-7-24(16-20(19)2)34-27(22-10-12-29-13-11-22)31-32-28(34)36-18-26(35)30-25-9-8-23(17-21(25)3)33-14-4-5-15-33/h6-13,16-17H,4-5,14-15,18H2,1-3H3,(H,30,35). The number of pyridine rings is 1. The molecule has 8 heteroatoms. The number of nitrogens with zero attached hydrogens (tertiary/aromatic N) is 5. The van der Waals surface area contributed by atoms with E-state index in [4.69, 9.17) is 0 Å². The number of nitrogens with one attached hydrogen (secondary N) is 1. The first-order valence-corrected chi connectivity index (χ1v) is 13.2. The van der Waals surface area contributed by atoms with Gasteiger partial charge >= 0.3 is 0 Å². The lowest BCUT2D eigenvalue weighted by Crippen LogP contribution is -2.18. The van der Waals surface area contributed by atoms with Crippen molar-refractivity contribution in [3.63, 3.8) is 0 Å². The number of carbonyl (C=O) groups is 1. The molecule has 2 aromatic carbocycles. The average molecular weight is 499 g/mol. The van der Waals surface area contributed by atoms with Gasteiger partial charge in [0.2, 0.25) is 5.91 Å². The fourth-order valence-corrected chi connectivity index (χ4v) is 5.18. The summed E-state index contributed by atoms with van der Waals surface area (Å²) in [5, 5.41) is 12.6. The first kappa shape index (κ1) is 24.1. The molecule has 1 aliphatic rings. The molecule has 7 nitrogen and oxygen atoms in total. The van der Waals surface area contributed by atoms with Crippen LogP contribution in [-0.2, 0) is 4.79 Å². The van der Waals surface area contributed by atoms with Gasteiger partial charge < -0.3 is 10.2 Å². The van der Waals surface area contributed by atoms with Crippen molar-refractivity contribution >= 4 is 29.0 Å². The topological polar surface area (TPSA) is 75.9 Å². The highest BCUT2D eigenvalue weighted by atomic mass is 32.2. The Morgan fingerprint density at radius 3 is 2.33 bits per heavy atom. The van der Waals surface area contributed by atoms with Crippen LogP contribution in [0.15, 0.2) is 66.1 Å². The minimum atomic E-state index is -0.0721. The molecule has 2 aromatic heterocycles. The molecular formula is C28H30N6OS. The van der Waals surface area contributed by atoms with Crippen molar-refractivity contribution in [2.24, 2.45) is 0 Å². The summed E-state index contributed by atoms with van der Waals surface area (Å²) in [4.78, 5) is 19.4. The van der Waals surface area contributed by atoms with E-state index in [-0.39, 0.29) is 11.7 Å². The summed E-state index contributed by atoms with van der Waals surface area (Å²) in [6, 6.07) is 16.4. The first-order chi connectivity index (χ1) is 17.5. The number of aryl methyl sites for hydroxylation is 3. The van der Waals surface area contributed by atoms with Gasteiger partial charge in [-0.1, -0.05) is 17.8 Å². The van der Waals surface area contributed by atoms with Crippen LogP contribution < -0.4 is 10.2 Å². The van der Waals surface area contributed by atoms with E-state index in [2.05, 4.69) is 69.6 Å². The minimum Gasteiger partial charge on any atom is -0.372 e. The van der Waals surface area contributed by atoms with Gasteiger partial charge in [-0.3, -0.25) is 14.3 Å². The summed E-state index contributed by atoms with van der Waals surface area (Å²) in [5.74, 6) is 0.876. The lowest BCUT2D eigenvalue weighted by atomic mass is 10.1. The van der Waals surface area contributed by atoms with E-state index in [1.54, 1.807) is 12.4 Å². The van der Waals surface area contributed by atoms with Crippen LogP contribution in [0, 0.1) is 20.8 Å². The van der Waals surface area contributed by atoms with Crippen LogP contribution in [0.3, 0.4) is 0 Å². The number of anilines is 2. The molecule has 1 fully saturated rings. The highest BCUT2D eigenvalue weighted by Gasteiger charge is 2.18. The predicted molar refractivity (Wildman–Crippen MR) is 146 cm³/mol. The van der Waals surface area contributed by atoms with Crippen molar-refractivity contribution in [1.82, 2.24) is 19.7 Å². The molecule has 0 aliphatic carbocycles. The number of carbonyl (C=O) groups excluding carboxylic acids is 1. The van der Waals surface area contributed by atoms with Crippen molar-refractivity contribution in [2.75, 3.05) is 29.1 Å². The van der Waals surface area contributed by atoms with Gasteiger partial charge in [-0.25, -0.2) is 0 Å². The molecule has 0 atom stereocenters. The average Bonchev–Trinajstić information content (AvgIpc) is 3.57. The van der Waals surface area contributed by atoms with E-state index in [1.165, 1.54) is 41.4 Å². The fourth-order valence-electron chi connectivity index (χ4n) is 4.43. The van der Waals surface area contributed by atoms with E-state index >= 15 is 0 Å². The molecular weight excluding hydrogens is 468 g/mol. The second kappa shape index (κ2) is 10.5. The Morgan fingerprint density at radius 2 is 1.61 bits per heavy atom. The molecule has 36 heavy (non-hydrogen) atoms. The van der Waals surface area contributed by atoms with E-state index in [0.717, 1.165) is 41.4 Å². The summed E-state index contributed by atoms with van der Waals surface area (Å²) >= 11 is 1.38. The van der Waals surface area contributed by atoms with Gasteiger partial charge in [0.15, 0.2) is 11.0 Å². The van der Waals surface area contributed by atoms with Crippen molar-refractivity contribution < 1.29 is 4.79 Å². The maximum atomic E-state index is 12.9. The Labute approximate surface area is 216 Å². The monoisotopic (exact) mass is 498 g/mol. The smallest absolute Gasteiger partial charge is 0.234 e. The van der Waals surface area contributed by atoms with Crippen LogP contribution in [0.5, 0.6) is 0 Å². The number of thioether (sulfide) groups is 1. The third-order valence-corrected chi connectivity index (χ3v) is 7.54. The predicted octanol–water partition coefficient (Wildman–Crippen LogP) is 5.59. The molecule has 0 unspecified atom stereocenters. The van der Waals surface area contributed by atoms with E-state index in [0.29, 0.717) is 5.16 Å². The SMILES string of the molecule is Cc1ccc(-n2c(SCC(=O)Nc3ccc(N4CCCC4)cc3C)nnc2-c2ccncc2)cc1C. The largest absolute Gasteiger partial charge is 0.372 e. The number of benzene rings is 2. The summed E-state index contributed by atoms with van der Waals surface area (Å²) in [7, 11) is 0. The molecule has 4 aromatic rings. The van der Waals surface area contributed by atoms with Crippen LogP contribution in [0.25, 0.3) is 17.1 Å². The highest BCUT2D eigenvalue weighted by Crippen LogP contribution is 2.29. The molecule has 1 amide bonds. The lowest BCUT2D eigenvalue weighted by molar-refractivity contribution is -0.113. The molecule has 184 valence electrons. The summed E-state index contributed by atoms with van der Waals surface area (Å²) < 4.78 is 2.01. The maximum absolute atomic E-state index is 12.9. The van der Waals surface area contributed by atoms with Crippen LogP contribution in [-0.4, -0.2) is 44.5 Å². The first-order valence-electron chi connectivity index (χ1n) is 12.2. The number of rotatable bonds is 7. The zero-order valence-corrected chi connectivity index (χ0v) is 21.7. The zero-order valence-electron chi connectivity index (χ0n) is 20.9. The van der Waals surface area contributed by atoms with Crippen molar-refractivity contribution in [3.05, 3.63) is 77.6 Å². The summed E-state index contributed by atoms with van der Waals surface area (Å²) in [6.07, 6.45) is 5.97. The highest BCUT2D eigenvalue weighted by molar-refractivity contribution is 7.99. The number of hydrogen-bond acceptors (Lipinski definition) is 6. The van der Waals surface area contributed by atoms with Crippen LogP contribution in [0.1, 0.15) is 29.5 Å². The second-order valence-corrected chi connectivity index (χ2v) is 10.1. The molecule has 0 spiro atoms.